The van der Waals surface area contributed by atoms with Gasteiger partial charge in [-0.1, -0.05) is 183 Å². The van der Waals surface area contributed by atoms with Crippen molar-refractivity contribution in [2.45, 2.75) is 219 Å². The Kier molecular flexibility index (Phi) is 44.2. The van der Waals surface area contributed by atoms with E-state index >= 15 is 0 Å². The number of rotatable bonds is 46. The van der Waals surface area contributed by atoms with E-state index < -0.39 is 51.1 Å². The fourth-order valence-corrected chi connectivity index (χ4v) is 7.34. The molecular weight excluding hydrogens is 830 g/mol. The zero-order valence-corrected chi connectivity index (χ0v) is 41.0. The molecule has 0 aromatic rings. The third-order valence-electron chi connectivity index (χ3n) is 10.4. The number of allylic oxidation sites excluding steroid dienone is 12. The molecule has 0 aliphatic rings. The Balaban J connectivity index is 4.28. The van der Waals surface area contributed by atoms with Crippen molar-refractivity contribution in [3.8, 4) is 0 Å². The van der Waals surface area contributed by atoms with E-state index in [0.717, 1.165) is 77.0 Å². The van der Waals surface area contributed by atoms with Gasteiger partial charge in [0.2, 0.25) is 0 Å². The molecule has 368 valence electrons. The fraction of sp³-hybridized carbons (Fsp3) is 0.712. The number of phosphoric acid groups is 1. The predicted molar refractivity (Wildman–Crippen MR) is 263 cm³/mol. The number of carboxylic acid groups (broad SMARTS) is 1. The van der Waals surface area contributed by atoms with Gasteiger partial charge in [0, 0.05) is 12.8 Å². The molecule has 0 aliphatic heterocycles. The van der Waals surface area contributed by atoms with Gasteiger partial charge in [-0.25, -0.2) is 4.57 Å². The quantitative estimate of drug-likeness (QED) is 0.0230. The van der Waals surface area contributed by atoms with Crippen molar-refractivity contribution >= 4 is 25.7 Å². The van der Waals surface area contributed by atoms with Crippen LogP contribution in [0.4, 0.5) is 0 Å². The van der Waals surface area contributed by atoms with E-state index in [9.17, 15) is 23.8 Å². The largest absolute Gasteiger partial charge is 0.480 e. The van der Waals surface area contributed by atoms with Crippen molar-refractivity contribution in [1.82, 2.24) is 0 Å². The first-order chi connectivity index (χ1) is 31.1. The summed E-state index contributed by atoms with van der Waals surface area (Å²) >= 11 is 0. The van der Waals surface area contributed by atoms with Gasteiger partial charge in [-0.2, -0.15) is 0 Å². The third kappa shape index (κ3) is 45.5. The first kappa shape index (κ1) is 60.9. The lowest BCUT2D eigenvalue weighted by atomic mass is 10.0. The van der Waals surface area contributed by atoms with Gasteiger partial charge in [-0.3, -0.25) is 23.4 Å². The monoisotopic (exact) mass is 920 g/mol. The van der Waals surface area contributed by atoms with Gasteiger partial charge in [0.25, 0.3) is 0 Å². The zero-order valence-electron chi connectivity index (χ0n) is 40.1. The van der Waals surface area contributed by atoms with E-state index in [-0.39, 0.29) is 19.4 Å². The highest BCUT2D eigenvalue weighted by Crippen LogP contribution is 2.43. The van der Waals surface area contributed by atoms with E-state index in [1.54, 1.807) is 0 Å². The second kappa shape index (κ2) is 46.4. The summed E-state index contributed by atoms with van der Waals surface area (Å²) in [5, 5.41) is 8.92. The van der Waals surface area contributed by atoms with E-state index in [1.165, 1.54) is 89.9 Å². The highest BCUT2D eigenvalue weighted by atomic mass is 31.2. The number of unbranched alkanes of at least 4 members (excludes halogenated alkanes) is 20. The van der Waals surface area contributed by atoms with Crippen LogP contribution in [0.3, 0.4) is 0 Å². The number of carbonyl (C=O) groups excluding carboxylic acids is 2. The maximum atomic E-state index is 12.7. The Bertz CT molecular complexity index is 1360. The van der Waals surface area contributed by atoms with Crippen LogP contribution >= 0.6 is 7.82 Å². The maximum absolute atomic E-state index is 12.7. The summed E-state index contributed by atoms with van der Waals surface area (Å²) in [6.45, 7) is 2.66. The number of hydrogen-bond acceptors (Lipinski definition) is 9. The summed E-state index contributed by atoms with van der Waals surface area (Å²) in [6, 6.07) is -1.53. The molecule has 0 saturated carbocycles. The molecule has 0 rings (SSSR count). The zero-order chi connectivity index (χ0) is 47.0. The summed E-state index contributed by atoms with van der Waals surface area (Å²) < 4.78 is 32.8. The first-order valence-electron chi connectivity index (χ1n) is 25.0. The number of hydrogen-bond donors (Lipinski definition) is 3. The molecule has 4 N–H and O–H groups in total. The van der Waals surface area contributed by atoms with Crippen molar-refractivity contribution in [2.75, 3.05) is 19.8 Å². The molecule has 3 atom stereocenters. The Morgan fingerprint density at radius 1 is 0.500 bits per heavy atom. The molecule has 0 saturated heterocycles. The van der Waals surface area contributed by atoms with Crippen LogP contribution in [-0.4, -0.2) is 59.9 Å². The van der Waals surface area contributed by atoms with Crippen LogP contribution in [0.25, 0.3) is 0 Å². The number of ether oxygens (including phenoxy) is 2. The Morgan fingerprint density at radius 3 is 1.31 bits per heavy atom. The van der Waals surface area contributed by atoms with Gasteiger partial charge in [0.15, 0.2) is 6.10 Å². The van der Waals surface area contributed by atoms with E-state index in [2.05, 4.69) is 91.3 Å². The summed E-state index contributed by atoms with van der Waals surface area (Å²) in [4.78, 5) is 46.1. The minimum atomic E-state index is -4.73. The number of carbonyl (C=O) groups is 3. The van der Waals surface area contributed by atoms with Crippen LogP contribution in [0.5, 0.6) is 0 Å². The lowest BCUT2D eigenvalue weighted by molar-refractivity contribution is -0.161. The van der Waals surface area contributed by atoms with Crippen molar-refractivity contribution in [3.63, 3.8) is 0 Å². The second-order valence-electron chi connectivity index (χ2n) is 16.6. The molecule has 0 amide bonds. The molecule has 0 aliphatic carbocycles. The topological polar surface area (TPSA) is 172 Å². The van der Waals surface area contributed by atoms with E-state index in [0.29, 0.717) is 12.8 Å². The molecule has 0 aromatic carbocycles. The predicted octanol–water partition coefficient (Wildman–Crippen LogP) is 14.1. The highest BCUT2D eigenvalue weighted by molar-refractivity contribution is 7.47. The van der Waals surface area contributed by atoms with Crippen LogP contribution in [-0.2, 0) is 37.5 Å². The average molecular weight is 920 g/mol. The molecular formula is C52H90NO10P. The molecule has 0 fully saturated rings. The van der Waals surface area contributed by atoms with Gasteiger partial charge in [0.1, 0.15) is 12.6 Å². The third-order valence-corrected chi connectivity index (χ3v) is 11.4. The SMILES string of the molecule is CC/C=C\C/C=C\C/C=C\C/C=C\CCCCCCC(=O)OC(COC(=O)CCCCCCCCCCCCC/C=C\C/C=C\CCCCCCC)COP(=O)(O)OCC(N)C(=O)O. The Morgan fingerprint density at radius 2 is 0.875 bits per heavy atom. The van der Waals surface area contributed by atoms with Crippen molar-refractivity contribution in [3.05, 3.63) is 72.9 Å². The molecule has 12 heteroatoms. The van der Waals surface area contributed by atoms with Crippen molar-refractivity contribution < 1.29 is 47.5 Å². The number of nitrogens with two attached hydrogens (primary N) is 1. The number of carboxylic acids is 1. The van der Waals surface area contributed by atoms with Gasteiger partial charge in [-0.15, -0.1) is 0 Å². The minimum Gasteiger partial charge on any atom is -0.480 e. The average Bonchev–Trinajstić information content (AvgIpc) is 3.27. The molecule has 64 heavy (non-hydrogen) atoms. The van der Waals surface area contributed by atoms with Crippen molar-refractivity contribution in [1.29, 1.82) is 0 Å². The number of phosphoric ester groups is 1. The van der Waals surface area contributed by atoms with Gasteiger partial charge >= 0.3 is 25.7 Å². The first-order valence-corrected chi connectivity index (χ1v) is 26.5. The normalized spacial score (nSPS) is 14.2. The summed E-state index contributed by atoms with van der Waals surface area (Å²) in [7, 11) is -4.73. The molecule has 0 bridgehead atoms. The van der Waals surface area contributed by atoms with Crippen molar-refractivity contribution in [2.24, 2.45) is 5.73 Å². The lowest BCUT2D eigenvalue weighted by Gasteiger charge is -2.20. The second-order valence-corrected chi connectivity index (χ2v) is 18.0. The van der Waals surface area contributed by atoms with Gasteiger partial charge in [0.05, 0.1) is 13.2 Å². The summed E-state index contributed by atoms with van der Waals surface area (Å²) in [5.41, 5.74) is 5.35. The minimum absolute atomic E-state index is 0.130. The maximum Gasteiger partial charge on any atom is 0.472 e. The smallest absolute Gasteiger partial charge is 0.472 e. The molecule has 0 radical (unpaired) electrons. The standard InChI is InChI=1S/C52H90NO10P/c1-3-5-7-9-11-13-15-17-19-21-22-23-24-25-26-28-29-31-33-35-37-39-41-43-50(54)60-45-48(46-61-64(58,59)62-47-49(53)52(56)57)63-51(55)44-42-40-38-36-34-32-30-27-20-18-16-14-12-10-8-6-4-2/h6,8,12,14-15,17-18,20-22,30,32,48-49H,3-5,7,9-11,13,16,19,23-29,31,33-47,53H2,1-2H3,(H,56,57)(H,58,59)/b8-6-,14-12-,17-15-,20-18-,22-21-,32-30-. The van der Waals surface area contributed by atoms with E-state index in [1.807, 2.05) is 0 Å². The van der Waals surface area contributed by atoms with Gasteiger partial charge in [-0.05, 0) is 83.5 Å². The van der Waals surface area contributed by atoms with Crippen LogP contribution in [0.1, 0.15) is 206 Å². The number of aliphatic carboxylic acids is 1. The van der Waals surface area contributed by atoms with Gasteiger partial charge < -0.3 is 25.2 Å². The fourth-order valence-electron chi connectivity index (χ4n) is 6.56. The molecule has 3 unspecified atom stereocenters. The Hall–Kier alpha value is -3.08. The van der Waals surface area contributed by atoms with E-state index in [4.69, 9.17) is 24.8 Å². The highest BCUT2D eigenvalue weighted by Gasteiger charge is 2.28. The molecule has 11 nitrogen and oxygen atoms in total. The Labute approximate surface area is 389 Å². The van der Waals surface area contributed by atoms with Crippen LogP contribution < -0.4 is 5.73 Å². The van der Waals surface area contributed by atoms with Crippen LogP contribution in [0.2, 0.25) is 0 Å². The molecule has 0 heterocycles. The summed E-state index contributed by atoms with van der Waals surface area (Å²) in [6.07, 6.45) is 56.8. The summed E-state index contributed by atoms with van der Waals surface area (Å²) in [5.74, 6) is -2.41. The lowest BCUT2D eigenvalue weighted by Crippen LogP contribution is -2.34. The molecule has 0 spiro atoms. The van der Waals surface area contributed by atoms with Crippen LogP contribution in [0.15, 0.2) is 72.9 Å². The molecule has 0 aromatic heterocycles. The number of esters is 2. The van der Waals surface area contributed by atoms with Crippen LogP contribution in [0, 0.1) is 0 Å².